The Hall–Kier alpha value is -2.41. The van der Waals surface area contributed by atoms with Gasteiger partial charge < -0.3 is 15.8 Å². The second-order valence-electron chi connectivity index (χ2n) is 3.91. The predicted molar refractivity (Wildman–Crippen MR) is 64.1 cm³/mol. The quantitative estimate of drug-likeness (QED) is 0.560. The van der Waals surface area contributed by atoms with Crippen LogP contribution in [0.1, 0.15) is 18.0 Å². The number of aromatic nitrogens is 1. The summed E-state index contributed by atoms with van der Waals surface area (Å²) in [6, 6.07) is 3.91. The number of nitro benzene ring substituents is 1. The molecule has 0 aliphatic carbocycles. The molecule has 0 saturated carbocycles. The van der Waals surface area contributed by atoms with Gasteiger partial charge in [0.15, 0.2) is 0 Å². The number of benzene rings is 1. The van der Waals surface area contributed by atoms with Crippen LogP contribution in [0.2, 0.25) is 0 Å². The zero-order valence-corrected chi connectivity index (χ0v) is 9.29. The number of carboxylic acid groups (broad SMARTS) is 1. The highest BCUT2D eigenvalue weighted by molar-refractivity contribution is 5.91. The van der Waals surface area contributed by atoms with Crippen molar-refractivity contribution in [3.8, 4) is 0 Å². The molecule has 0 aliphatic rings. The lowest BCUT2D eigenvalue weighted by atomic mass is 10.0. The first-order valence-corrected chi connectivity index (χ1v) is 5.22. The molecule has 18 heavy (non-hydrogen) atoms. The molecule has 7 nitrogen and oxygen atoms in total. The monoisotopic (exact) mass is 249 g/mol. The number of aliphatic carboxylic acids is 1. The molecule has 2 rings (SSSR count). The van der Waals surface area contributed by atoms with Gasteiger partial charge in [-0.25, -0.2) is 0 Å². The Balaban J connectivity index is 2.52. The van der Waals surface area contributed by atoms with Gasteiger partial charge in [0.25, 0.3) is 5.69 Å². The first kappa shape index (κ1) is 12.1. The zero-order chi connectivity index (χ0) is 13.3. The first-order chi connectivity index (χ1) is 8.50. The highest BCUT2D eigenvalue weighted by Gasteiger charge is 2.19. The van der Waals surface area contributed by atoms with E-state index in [1.165, 1.54) is 12.3 Å². The lowest BCUT2D eigenvalue weighted by molar-refractivity contribution is -0.383. The molecule has 1 heterocycles. The normalized spacial score (nSPS) is 12.5. The van der Waals surface area contributed by atoms with Gasteiger partial charge in [0, 0.05) is 23.7 Å². The number of H-pyrrole nitrogens is 1. The van der Waals surface area contributed by atoms with Crippen LogP contribution >= 0.6 is 0 Å². The maximum absolute atomic E-state index is 10.8. The average Bonchev–Trinajstić information content (AvgIpc) is 2.70. The van der Waals surface area contributed by atoms with E-state index in [4.69, 9.17) is 10.8 Å². The number of nitro groups is 1. The molecule has 7 heteroatoms. The van der Waals surface area contributed by atoms with E-state index >= 15 is 0 Å². The van der Waals surface area contributed by atoms with Crippen molar-refractivity contribution in [3.63, 3.8) is 0 Å². The van der Waals surface area contributed by atoms with Crippen molar-refractivity contribution in [3.05, 3.63) is 40.1 Å². The van der Waals surface area contributed by atoms with Gasteiger partial charge in [0.05, 0.1) is 11.3 Å². The summed E-state index contributed by atoms with van der Waals surface area (Å²) in [4.78, 5) is 23.7. The van der Waals surface area contributed by atoms with Gasteiger partial charge in [-0.15, -0.1) is 0 Å². The molecule has 0 spiro atoms. The summed E-state index contributed by atoms with van der Waals surface area (Å²) in [5.74, 6) is -1.01. The number of hydrogen-bond acceptors (Lipinski definition) is 4. The Bertz CT molecular complexity index is 620. The molecule has 0 bridgehead atoms. The molecule has 0 fully saturated rings. The summed E-state index contributed by atoms with van der Waals surface area (Å²) in [5.41, 5.74) is 6.63. The highest BCUT2D eigenvalue weighted by Crippen LogP contribution is 2.30. The number of rotatable bonds is 4. The van der Waals surface area contributed by atoms with Crippen molar-refractivity contribution in [1.29, 1.82) is 0 Å². The molecule has 1 unspecified atom stereocenters. The van der Waals surface area contributed by atoms with Crippen LogP contribution in [0.15, 0.2) is 24.4 Å². The van der Waals surface area contributed by atoms with Crippen LogP contribution in [0.4, 0.5) is 5.69 Å². The largest absolute Gasteiger partial charge is 0.481 e. The molecular weight excluding hydrogens is 238 g/mol. The van der Waals surface area contributed by atoms with E-state index in [0.717, 1.165) is 0 Å². The number of aromatic amines is 1. The number of para-hydroxylation sites is 1. The third-order valence-corrected chi connectivity index (χ3v) is 2.72. The number of carboxylic acids is 1. The number of fused-ring (bicyclic) bond motifs is 1. The number of non-ortho nitro benzene ring substituents is 1. The lowest BCUT2D eigenvalue weighted by Crippen LogP contribution is -2.14. The summed E-state index contributed by atoms with van der Waals surface area (Å²) >= 11 is 0. The van der Waals surface area contributed by atoms with Gasteiger partial charge in [0.1, 0.15) is 5.52 Å². The van der Waals surface area contributed by atoms with Gasteiger partial charge in [-0.2, -0.15) is 0 Å². The van der Waals surface area contributed by atoms with Crippen molar-refractivity contribution in [2.24, 2.45) is 5.73 Å². The summed E-state index contributed by atoms with van der Waals surface area (Å²) in [6.45, 7) is 0. The Morgan fingerprint density at radius 2 is 2.28 bits per heavy atom. The maximum Gasteiger partial charge on any atom is 0.305 e. The fraction of sp³-hybridized carbons (Fsp3) is 0.182. The van der Waals surface area contributed by atoms with E-state index in [9.17, 15) is 14.9 Å². The van der Waals surface area contributed by atoms with E-state index in [-0.39, 0.29) is 12.1 Å². The van der Waals surface area contributed by atoms with Crippen LogP contribution in [0.5, 0.6) is 0 Å². The molecular formula is C11H11N3O4. The van der Waals surface area contributed by atoms with E-state index in [2.05, 4.69) is 4.98 Å². The number of nitrogens with one attached hydrogen (secondary N) is 1. The first-order valence-electron chi connectivity index (χ1n) is 5.22. The third-order valence-electron chi connectivity index (χ3n) is 2.72. The van der Waals surface area contributed by atoms with Gasteiger partial charge >= 0.3 is 5.97 Å². The number of carbonyl (C=O) groups is 1. The van der Waals surface area contributed by atoms with Crippen LogP contribution in [-0.2, 0) is 4.79 Å². The van der Waals surface area contributed by atoms with Crippen LogP contribution < -0.4 is 5.73 Å². The Morgan fingerprint density at radius 3 is 2.89 bits per heavy atom. The van der Waals surface area contributed by atoms with Crippen molar-refractivity contribution in [2.75, 3.05) is 0 Å². The fourth-order valence-corrected chi connectivity index (χ4v) is 1.92. The second-order valence-corrected chi connectivity index (χ2v) is 3.91. The zero-order valence-electron chi connectivity index (χ0n) is 9.29. The standard InChI is InChI=1S/C11H11N3O4/c12-8(4-10(15)16)7-5-13-11-6(7)2-1-3-9(11)14(17)18/h1-3,5,8,13H,4,12H2,(H,15,16). The van der Waals surface area contributed by atoms with E-state index < -0.39 is 16.9 Å². The molecule has 2 aromatic rings. The summed E-state index contributed by atoms with van der Waals surface area (Å²) in [5, 5.41) is 20.1. The molecule has 1 aromatic carbocycles. The van der Waals surface area contributed by atoms with Gasteiger partial charge in [-0.1, -0.05) is 12.1 Å². The van der Waals surface area contributed by atoms with Gasteiger partial charge in [-0.3, -0.25) is 14.9 Å². The summed E-state index contributed by atoms with van der Waals surface area (Å²) < 4.78 is 0. The SMILES string of the molecule is NC(CC(=O)O)c1c[nH]c2c([N+](=O)[O-])cccc12. The Kier molecular flexibility index (Phi) is 2.99. The topological polar surface area (TPSA) is 122 Å². The minimum absolute atomic E-state index is 0.0544. The van der Waals surface area contributed by atoms with E-state index in [1.54, 1.807) is 12.1 Å². The molecule has 1 aromatic heterocycles. The average molecular weight is 249 g/mol. The molecule has 1 atom stereocenters. The minimum Gasteiger partial charge on any atom is -0.481 e. The molecule has 0 saturated heterocycles. The third kappa shape index (κ3) is 2.03. The van der Waals surface area contributed by atoms with Crippen LogP contribution in [-0.4, -0.2) is 21.0 Å². The number of hydrogen-bond donors (Lipinski definition) is 3. The number of nitrogens with two attached hydrogens (primary N) is 1. The second kappa shape index (κ2) is 4.46. The Morgan fingerprint density at radius 1 is 1.56 bits per heavy atom. The summed E-state index contributed by atoms with van der Waals surface area (Å²) in [6.07, 6.45) is 1.29. The van der Waals surface area contributed by atoms with Gasteiger partial charge in [0.2, 0.25) is 0 Å². The van der Waals surface area contributed by atoms with Crippen LogP contribution in [0, 0.1) is 10.1 Å². The number of nitrogens with zero attached hydrogens (tertiary/aromatic N) is 1. The molecule has 0 radical (unpaired) electrons. The molecule has 0 amide bonds. The van der Waals surface area contributed by atoms with Crippen LogP contribution in [0.3, 0.4) is 0 Å². The summed E-state index contributed by atoms with van der Waals surface area (Å²) in [7, 11) is 0. The van der Waals surface area contributed by atoms with Crippen molar-refractivity contribution in [1.82, 2.24) is 4.98 Å². The maximum atomic E-state index is 10.8. The lowest BCUT2D eigenvalue weighted by Gasteiger charge is -2.07. The predicted octanol–water partition coefficient (Wildman–Crippen LogP) is 1.55. The van der Waals surface area contributed by atoms with E-state index in [0.29, 0.717) is 16.5 Å². The minimum atomic E-state index is -1.01. The smallest absolute Gasteiger partial charge is 0.305 e. The van der Waals surface area contributed by atoms with Crippen molar-refractivity contribution >= 4 is 22.6 Å². The molecule has 94 valence electrons. The molecule has 4 N–H and O–H groups in total. The highest BCUT2D eigenvalue weighted by atomic mass is 16.6. The van der Waals surface area contributed by atoms with Gasteiger partial charge in [-0.05, 0) is 5.56 Å². The Labute approximate surface area is 101 Å². The van der Waals surface area contributed by atoms with Crippen LogP contribution in [0.25, 0.3) is 10.9 Å². The fourth-order valence-electron chi connectivity index (χ4n) is 1.92. The van der Waals surface area contributed by atoms with Crippen molar-refractivity contribution in [2.45, 2.75) is 12.5 Å². The molecule has 0 aliphatic heterocycles. The van der Waals surface area contributed by atoms with E-state index in [1.807, 2.05) is 0 Å². The van der Waals surface area contributed by atoms with Crippen molar-refractivity contribution < 1.29 is 14.8 Å².